The summed E-state index contributed by atoms with van der Waals surface area (Å²) in [6.45, 7) is 0.173. The number of fused-ring (bicyclic) bond motifs is 1. The molecule has 1 amide bonds. The largest absolute Gasteiger partial charge is 0.454 e. The maximum Gasteiger partial charge on any atom is 0.255 e. The SMILES string of the molecule is O=C(Nc1ccc2c(c1)OCO2)c1cccc(Nc2cc(-c3ccc(F)cc3)ncn2)c1. The van der Waals surface area contributed by atoms with Crippen LogP contribution in [-0.2, 0) is 0 Å². The maximum absolute atomic E-state index is 13.2. The molecule has 32 heavy (non-hydrogen) atoms. The van der Waals surface area contributed by atoms with Crippen LogP contribution in [0.2, 0.25) is 0 Å². The van der Waals surface area contributed by atoms with Gasteiger partial charge in [0, 0.05) is 34.6 Å². The third kappa shape index (κ3) is 4.20. The first-order valence-electron chi connectivity index (χ1n) is 9.80. The molecule has 0 fully saturated rings. The summed E-state index contributed by atoms with van der Waals surface area (Å²) in [5.41, 5.74) is 3.19. The van der Waals surface area contributed by atoms with E-state index in [0.717, 1.165) is 5.56 Å². The van der Waals surface area contributed by atoms with Crippen LogP contribution in [0.1, 0.15) is 10.4 Å². The monoisotopic (exact) mass is 428 g/mol. The molecule has 5 rings (SSSR count). The molecule has 4 aromatic rings. The molecule has 2 heterocycles. The summed E-state index contributed by atoms with van der Waals surface area (Å²) in [5.74, 6) is 1.23. The number of nitrogens with one attached hydrogen (secondary N) is 2. The van der Waals surface area contributed by atoms with Crippen molar-refractivity contribution in [1.29, 1.82) is 0 Å². The van der Waals surface area contributed by atoms with Gasteiger partial charge >= 0.3 is 0 Å². The summed E-state index contributed by atoms with van der Waals surface area (Å²) in [6.07, 6.45) is 1.43. The molecule has 0 radical (unpaired) electrons. The highest BCUT2D eigenvalue weighted by atomic mass is 19.1. The molecule has 0 unspecified atom stereocenters. The number of anilines is 3. The molecule has 1 aliphatic rings. The van der Waals surface area contributed by atoms with E-state index in [4.69, 9.17) is 9.47 Å². The summed E-state index contributed by atoms with van der Waals surface area (Å²) >= 11 is 0. The van der Waals surface area contributed by atoms with Gasteiger partial charge in [0.1, 0.15) is 18.0 Å². The van der Waals surface area contributed by atoms with Crippen LogP contribution in [-0.4, -0.2) is 22.7 Å². The van der Waals surface area contributed by atoms with Crippen molar-refractivity contribution in [2.24, 2.45) is 0 Å². The van der Waals surface area contributed by atoms with Crippen molar-refractivity contribution in [1.82, 2.24) is 9.97 Å². The molecule has 0 aliphatic carbocycles. The molecule has 2 N–H and O–H groups in total. The topological polar surface area (TPSA) is 85.4 Å². The van der Waals surface area contributed by atoms with E-state index < -0.39 is 0 Å². The van der Waals surface area contributed by atoms with Crippen LogP contribution in [0.3, 0.4) is 0 Å². The lowest BCUT2D eigenvalue weighted by atomic mass is 10.1. The molecule has 0 atom stereocenters. The summed E-state index contributed by atoms with van der Waals surface area (Å²) < 4.78 is 23.8. The van der Waals surface area contributed by atoms with Gasteiger partial charge in [0.25, 0.3) is 5.91 Å². The molecule has 7 nitrogen and oxygen atoms in total. The molecule has 0 spiro atoms. The Morgan fingerprint density at radius 3 is 2.59 bits per heavy atom. The molecule has 0 saturated heterocycles. The number of carbonyl (C=O) groups is 1. The smallest absolute Gasteiger partial charge is 0.255 e. The minimum absolute atomic E-state index is 0.173. The fourth-order valence-corrected chi connectivity index (χ4v) is 3.27. The first-order chi connectivity index (χ1) is 15.6. The van der Waals surface area contributed by atoms with Gasteiger partial charge in [0.2, 0.25) is 6.79 Å². The highest BCUT2D eigenvalue weighted by molar-refractivity contribution is 6.05. The zero-order valence-electron chi connectivity index (χ0n) is 16.7. The Morgan fingerprint density at radius 2 is 1.72 bits per heavy atom. The van der Waals surface area contributed by atoms with Crippen LogP contribution in [0.25, 0.3) is 11.3 Å². The highest BCUT2D eigenvalue weighted by Gasteiger charge is 2.15. The van der Waals surface area contributed by atoms with Crippen LogP contribution in [0.4, 0.5) is 21.6 Å². The first kappa shape index (κ1) is 19.5. The van der Waals surface area contributed by atoms with E-state index in [0.29, 0.717) is 39.9 Å². The normalized spacial score (nSPS) is 11.8. The molecule has 0 saturated carbocycles. The van der Waals surface area contributed by atoms with Crippen molar-refractivity contribution in [3.8, 4) is 22.8 Å². The second-order valence-electron chi connectivity index (χ2n) is 7.02. The van der Waals surface area contributed by atoms with Gasteiger partial charge in [-0.05, 0) is 54.6 Å². The predicted octanol–water partition coefficient (Wildman–Crippen LogP) is 5.01. The van der Waals surface area contributed by atoms with Crippen LogP contribution >= 0.6 is 0 Å². The lowest BCUT2D eigenvalue weighted by Crippen LogP contribution is -2.12. The average Bonchev–Trinajstić information content (AvgIpc) is 3.28. The number of rotatable bonds is 5. The second kappa shape index (κ2) is 8.35. The van der Waals surface area contributed by atoms with Crippen LogP contribution in [0, 0.1) is 5.82 Å². The van der Waals surface area contributed by atoms with Crippen molar-refractivity contribution in [3.63, 3.8) is 0 Å². The van der Waals surface area contributed by atoms with E-state index in [2.05, 4.69) is 20.6 Å². The van der Waals surface area contributed by atoms with Gasteiger partial charge in [-0.2, -0.15) is 0 Å². The fraction of sp³-hybridized carbons (Fsp3) is 0.0417. The Bertz CT molecular complexity index is 1290. The van der Waals surface area contributed by atoms with E-state index in [9.17, 15) is 9.18 Å². The number of amides is 1. The highest BCUT2D eigenvalue weighted by Crippen LogP contribution is 2.34. The lowest BCUT2D eigenvalue weighted by molar-refractivity contribution is 0.102. The number of benzene rings is 3. The van der Waals surface area contributed by atoms with Gasteiger partial charge in [0.15, 0.2) is 11.5 Å². The standard InChI is InChI=1S/C24H17FN4O3/c25-17-6-4-15(5-7-17)20-12-23(27-13-26-20)28-18-3-1-2-16(10-18)24(30)29-19-8-9-21-22(11-19)32-14-31-21/h1-13H,14H2,(H,29,30)(H,26,27,28). The summed E-state index contributed by atoms with van der Waals surface area (Å²) in [7, 11) is 0. The Hall–Kier alpha value is -4.46. The van der Waals surface area contributed by atoms with Crippen molar-refractivity contribution < 1.29 is 18.7 Å². The van der Waals surface area contributed by atoms with Gasteiger partial charge in [-0.25, -0.2) is 14.4 Å². The third-order valence-electron chi connectivity index (χ3n) is 4.83. The minimum Gasteiger partial charge on any atom is -0.454 e. The molecular formula is C24H17FN4O3. The van der Waals surface area contributed by atoms with Gasteiger partial charge in [-0.1, -0.05) is 6.07 Å². The quantitative estimate of drug-likeness (QED) is 0.465. The summed E-state index contributed by atoms with van der Waals surface area (Å²) in [4.78, 5) is 21.2. The van der Waals surface area contributed by atoms with Crippen molar-refractivity contribution in [3.05, 3.63) is 90.5 Å². The molecular weight excluding hydrogens is 411 g/mol. The predicted molar refractivity (Wildman–Crippen MR) is 118 cm³/mol. The molecule has 1 aliphatic heterocycles. The number of ether oxygens (including phenoxy) is 2. The third-order valence-corrected chi connectivity index (χ3v) is 4.83. The summed E-state index contributed by atoms with van der Waals surface area (Å²) in [6, 6.07) is 20.1. The summed E-state index contributed by atoms with van der Waals surface area (Å²) in [5, 5.41) is 6.03. The van der Waals surface area contributed by atoms with Gasteiger partial charge < -0.3 is 20.1 Å². The van der Waals surface area contributed by atoms with E-state index in [1.165, 1.54) is 18.5 Å². The minimum atomic E-state index is -0.308. The molecule has 1 aromatic heterocycles. The van der Waals surface area contributed by atoms with Gasteiger partial charge in [-0.3, -0.25) is 4.79 Å². The number of nitrogens with zero attached hydrogens (tertiary/aromatic N) is 2. The Balaban J connectivity index is 1.31. The van der Waals surface area contributed by atoms with Crippen molar-refractivity contribution in [2.75, 3.05) is 17.4 Å². The van der Waals surface area contributed by atoms with E-state index in [1.807, 2.05) is 6.07 Å². The molecule has 8 heteroatoms. The second-order valence-corrected chi connectivity index (χ2v) is 7.02. The molecule has 3 aromatic carbocycles. The van der Waals surface area contributed by atoms with Crippen molar-refractivity contribution >= 4 is 23.1 Å². The average molecular weight is 428 g/mol. The fourth-order valence-electron chi connectivity index (χ4n) is 3.27. The lowest BCUT2D eigenvalue weighted by Gasteiger charge is -2.10. The molecule has 0 bridgehead atoms. The zero-order valence-corrected chi connectivity index (χ0v) is 16.7. The van der Waals surface area contributed by atoms with E-state index in [-0.39, 0.29) is 18.5 Å². The Kier molecular flexibility index (Phi) is 5.09. The molecule has 158 valence electrons. The first-order valence-corrected chi connectivity index (χ1v) is 9.80. The van der Waals surface area contributed by atoms with Crippen molar-refractivity contribution in [2.45, 2.75) is 0 Å². The van der Waals surface area contributed by atoms with Crippen LogP contribution in [0.15, 0.2) is 79.1 Å². The van der Waals surface area contributed by atoms with Gasteiger partial charge in [0.05, 0.1) is 5.69 Å². The number of hydrogen-bond acceptors (Lipinski definition) is 6. The van der Waals surface area contributed by atoms with E-state index >= 15 is 0 Å². The van der Waals surface area contributed by atoms with Crippen LogP contribution < -0.4 is 20.1 Å². The van der Waals surface area contributed by atoms with E-state index in [1.54, 1.807) is 54.6 Å². The number of aromatic nitrogens is 2. The van der Waals surface area contributed by atoms with Crippen LogP contribution in [0.5, 0.6) is 11.5 Å². The Morgan fingerprint density at radius 1 is 0.875 bits per heavy atom. The number of hydrogen-bond donors (Lipinski definition) is 2. The van der Waals surface area contributed by atoms with Gasteiger partial charge in [-0.15, -0.1) is 0 Å². The maximum atomic E-state index is 13.2. The number of carbonyl (C=O) groups excluding carboxylic acids is 1. The Labute approximate surface area is 182 Å². The zero-order chi connectivity index (χ0) is 21.9. The number of halogens is 1.